The molecule has 1 aliphatic rings. The summed E-state index contributed by atoms with van der Waals surface area (Å²) in [7, 11) is 0. The monoisotopic (exact) mass is 349 g/mol. The minimum absolute atomic E-state index is 0.0400. The van der Waals surface area contributed by atoms with Crippen molar-refractivity contribution in [2.24, 2.45) is 0 Å². The molecule has 5 nitrogen and oxygen atoms in total. The smallest absolute Gasteiger partial charge is 0.253 e. The summed E-state index contributed by atoms with van der Waals surface area (Å²) in [6.45, 7) is 4.26. The van der Waals surface area contributed by atoms with E-state index >= 15 is 0 Å². The van der Waals surface area contributed by atoms with Crippen LogP contribution in [0, 0.1) is 11.3 Å². The molecule has 26 heavy (non-hydrogen) atoms. The Kier molecular flexibility index (Phi) is 5.98. The van der Waals surface area contributed by atoms with Gasteiger partial charge >= 0.3 is 0 Å². The number of nitriles is 1. The first kappa shape index (κ1) is 18.1. The van der Waals surface area contributed by atoms with Crippen LogP contribution < -0.4 is 0 Å². The Labute approximate surface area is 154 Å². The summed E-state index contributed by atoms with van der Waals surface area (Å²) in [6.07, 6.45) is 4.78. The lowest BCUT2D eigenvalue weighted by molar-refractivity contribution is 0.00211. The maximum atomic E-state index is 12.9. The molecule has 2 heterocycles. The molecule has 1 aromatic carbocycles. The van der Waals surface area contributed by atoms with Crippen molar-refractivity contribution in [3.05, 3.63) is 53.9 Å². The van der Waals surface area contributed by atoms with E-state index in [1.807, 2.05) is 41.3 Å². The molecular formula is C21H23N3O2. The third-order valence-corrected chi connectivity index (χ3v) is 4.54. The molecular weight excluding hydrogens is 326 g/mol. The van der Waals surface area contributed by atoms with Crippen LogP contribution in [0.1, 0.15) is 42.2 Å². The molecule has 1 atom stereocenters. The fourth-order valence-corrected chi connectivity index (χ4v) is 3.19. The molecule has 134 valence electrons. The average Bonchev–Trinajstić information content (AvgIpc) is 2.72. The molecule has 0 N–H and O–H groups in total. The predicted molar refractivity (Wildman–Crippen MR) is 99.6 cm³/mol. The van der Waals surface area contributed by atoms with Crippen LogP contribution in [0.4, 0.5) is 0 Å². The van der Waals surface area contributed by atoms with Gasteiger partial charge in [-0.15, -0.1) is 0 Å². The van der Waals surface area contributed by atoms with Gasteiger partial charge < -0.3 is 9.64 Å². The SMILES string of the molecule is CCCOC1CCCN(C(=O)c2cccc(-c3ccc(C#N)nc3)c2)C1. The van der Waals surface area contributed by atoms with Crippen LogP contribution in [0.15, 0.2) is 42.6 Å². The maximum absolute atomic E-state index is 12.9. The third-order valence-electron chi connectivity index (χ3n) is 4.54. The van der Waals surface area contributed by atoms with E-state index in [0.717, 1.165) is 43.5 Å². The fourth-order valence-electron chi connectivity index (χ4n) is 3.19. The van der Waals surface area contributed by atoms with E-state index in [4.69, 9.17) is 10.00 Å². The summed E-state index contributed by atoms with van der Waals surface area (Å²) in [5, 5.41) is 8.86. The summed E-state index contributed by atoms with van der Waals surface area (Å²) < 4.78 is 5.83. The molecule has 0 radical (unpaired) electrons. The average molecular weight is 349 g/mol. The molecule has 5 heteroatoms. The second-order valence-electron chi connectivity index (χ2n) is 6.51. The molecule has 3 rings (SSSR count). The van der Waals surface area contributed by atoms with Crippen molar-refractivity contribution in [1.29, 1.82) is 5.26 Å². The second-order valence-corrected chi connectivity index (χ2v) is 6.51. The number of hydrogen-bond acceptors (Lipinski definition) is 4. The van der Waals surface area contributed by atoms with Crippen molar-refractivity contribution in [3.8, 4) is 17.2 Å². The highest BCUT2D eigenvalue weighted by Crippen LogP contribution is 2.22. The number of benzene rings is 1. The highest BCUT2D eigenvalue weighted by atomic mass is 16.5. The van der Waals surface area contributed by atoms with Gasteiger partial charge in [0.25, 0.3) is 5.91 Å². The summed E-state index contributed by atoms with van der Waals surface area (Å²) in [5.41, 5.74) is 2.86. The molecule has 0 bridgehead atoms. The topological polar surface area (TPSA) is 66.2 Å². The zero-order valence-electron chi connectivity index (χ0n) is 15.0. The third kappa shape index (κ3) is 4.27. The van der Waals surface area contributed by atoms with E-state index < -0.39 is 0 Å². The summed E-state index contributed by atoms with van der Waals surface area (Å²) in [6, 6.07) is 13.1. The summed E-state index contributed by atoms with van der Waals surface area (Å²) in [5.74, 6) is 0.0400. The van der Waals surface area contributed by atoms with Crippen LogP contribution in [0.2, 0.25) is 0 Å². The van der Waals surface area contributed by atoms with Crippen molar-refractivity contribution >= 4 is 5.91 Å². The number of ether oxygens (including phenoxy) is 1. The number of hydrogen-bond donors (Lipinski definition) is 0. The molecule has 1 aliphatic heterocycles. The van der Waals surface area contributed by atoms with Gasteiger partial charge in [-0.2, -0.15) is 5.26 Å². The Balaban J connectivity index is 1.74. The highest BCUT2D eigenvalue weighted by Gasteiger charge is 2.25. The van der Waals surface area contributed by atoms with Crippen LogP contribution in [-0.2, 0) is 4.74 Å². The first-order valence-corrected chi connectivity index (χ1v) is 9.08. The van der Waals surface area contributed by atoms with Crippen LogP contribution in [0.3, 0.4) is 0 Å². The first-order chi connectivity index (χ1) is 12.7. The second kappa shape index (κ2) is 8.59. The van der Waals surface area contributed by atoms with Crippen molar-refractivity contribution in [1.82, 2.24) is 9.88 Å². The number of pyridine rings is 1. The number of likely N-dealkylation sites (tertiary alicyclic amines) is 1. The standard InChI is InChI=1S/C21H23N3O2/c1-2-11-26-20-7-4-10-24(15-20)21(25)17-6-3-5-16(12-17)18-8-9-19(13-22)23-14-18/h3,5-6,8-9,12,14,20H,2,4,7,10-11,15H2,1H3. The van der Waals surface area contributed by atoms with Gasteiger partial charge in [0.15, 0.2) is 0 Å². The van der Waals surface area contributed by atoms with Crippen LogP contribution in [-0.4, -0.2) is 41.6 Å². The predicted octanol–water partition coefficient (Wildman–Crippen LogP) is 3.65. The maximum Gasteiger partial charge on any atom is 0.253 e. The van der Waals surface area contributed by atoms with Gasteiger partial charge in [-0.25, -0.2) is 4.98 Å². The van der Waals surface area contributed by atoms with E-state index in [1.165, 1.54) is 0 Å². The zero-order chi connectivity index (χ0) is 18.4. The van der Waals surface area contributed by atoms with E-state index in [1.54, 1.807) is 12.3 Å². The molecule has 1 aromatic heterocycles. The summed E-state index contributed by atoms with van der Waals surface area (Å²) >= 11 is 0. The molecule has 1 fully saturated rings. The zero-order valence-corrected chi connectivity index (χ0v) is 15.0. The van der Waals surface area contributed by atoms with Gasteiger partial charge in [0.05, 0.1) is 6.10 Å². The number of carbonyl (C=O) groups excluding carboxylic acids is 1. The normalized spacial score (nSPS) is 16.9. The van der Waals surface area contributed by atoms with Crippen molar-refractivity contribution in [2.75, 3.05) is 19.7 Å². The van der Waals surface area contributed by atoms with Crippen molar-refractivity contribution < 1.29 is 9.53 Å². The van der Waals surface area contributed by atoms with Gasteiger partial charge in [-0.3, -0.25) is 4.79 Å². The fraction of sp³-hybridized carbons (Fsp3) is 0.381. The molecule has 0 saturated carbocycles. The van der Waals surface area contributed by atoms with Gasteiger partial charge in [0.1, 0.15) is 11.8 Å². The van der Waals surface area contributed by atoms with Crippen LogP contribution in [0.25, 0.3) is 11.1 Å². The quantitative estimate of drug-likeness (QED) is 0.826. The van der Waals surface area contributed by atoms with Gasteiger partial charge in [-0.1, -0.05) is 19.1 Å². The molecule has 0 spiro atoms. The number of rotatable bonds is 5. The lowest BCUT2D eigenvalue weighted by Crippen LogP contribution is -2.43. The van der Waals surface area contributed by atoms with Crippen LogP contribution >= 0.6 is 0 Å². The van der Waals surface area contributed by atoms with Gasteiger partial charge in [0, 0.05) is 37.0 Å². The number of carbonyl (C=O) groups is 1. The van der Waals surface area contributed by atoms with E-state index in [0.29, 0.717) is 17.8 Å². The van der Waals surface area contributed by atoms with Gasteiger partial charge in [0.2, 0.25) is 0 Å². The number of piperidine rings is 1. The minimum Gasteiger partial charge on any atom is -0.376 e. The Morgan fingerprint density at radius 1 is 1.35 bits per heavy atom. The van der Waals surface area contributed by atoms with E-state index in [2.05, 4.69) is 11.9 Å². The molecule has 0 aliphatic carbocycles. The van der Waals surface area contributed by atoms with Crippen molar-refractivity contribution in [2.45, 2.75) is 32.3 Å². The Morgan fingerprint density at radius 2 is 2.23 bits per heavy atom. The highest BCUT2D eigenvalue weighted by molar-refractivity contribution is 5.95. The van der Waals surface area contributed by atoms with Crippen LogP contribution in [0.5, 0.6) is 0 Å². The molecule has 1 amide bonds. The molecule has 1 saturated heterocycles. The minimum atomic E-state index is 0.0400. The largest absolute Gasteiger partial charge is 0.376 e. The lowest BCUT2D eigenvalue weighted by Gasteiger charge is -2.32. The molecule has 1 unspecified atom stereocenters. The summed E-state index contributed by atoms with van der Waals surface area (Å²) in [4.78, 5) is 18.9. The van der Waals surface area contributed by atoms with E-state index in [9.17, 15) is 4.79 Å². The van der Waals surface area contributed by atoms with Crippen molar-refractivity contribution in [3.63, 3.8) is 0 Å². The molecule has 2 aromatic rings. The van der Waals surface area contributed by atoms with E-state index in [-0.39, 0.29) is 12.0 Å². The van der Waals surface area contributed by atoms with Gasteiger partial charge in [-0.05, 0) is 49.1 Å². The number of aromatic nitrogens is 1. The number of amides is 1. The Hall–Kier alpha value is -2.71. The lowest BCUT2D eigenvalue weighted by atomic mass is 10.0. The number of nitrogens with zero attached hydrogens (tertiary/aromatic N) is 3. The Bertz CT molecular complexity index is 796. The first-order valence-electron chi connectivity index (χ1n) is 9.08. The Morgan fingerprint density at radius 3 is 2.96 bits per heavy atom.